The summed E-state index contributed by atoms with van der Waals surface area (Å²) in [6.45, 7) is 2.25. The van der Waals surface area contributed by atoms with Crippen LogP contribution in [0.1, 0.15) is 17.0 Å². The largest absolute Gasteiger partial charge is 0.480 e. The summed E-state index contributed by atoms with van der Waals surface area (Å²) in [5.41, 5.74) is 1.79. The summed E-state index contributed by atoms with van der Waals surface area (Å²) in [5.74, 6) is -0.341. The van der Waals surface area contributed by atoms with Crippen LogP contribution in [0.25, 0.3) is 10.9 Å². The Bertz CT molecular complexity index is 1290. The van der Waals surface area contributed by atoms with E-state index in [1.165, 1.54) is 0 Å². The third-order valence-electron chi connectivity index (χ3n) is 5.40. The minimum atomic E-state index is -1.32. The zero-order valence-corrected chi connectivity index (χ0v) is 18.9. The number of benzene rings is 2. The summed E-state index contributed by atoms with van der Waals surface area (Å²) in [7, 11) is 0. The average Bonchev–Trinajstić information content (AvgIpc) is 3.37. The molecule has 0 bridgehead atoms. The van der Waals surface area contributed by atoms with Gasteiger partial charge in [0.1, 0.15) is 18.5 Å². The van der Waals surface area contributed by atoms with E-state index in [1.54, 1.807) is 24.3 Å². The number of carbonyl (C=O) groups is 2. The zero-order valence-electron chi connectivity index (χ0n) is 18.9. The Hall–Kier alpha value is -4.41. The van der Waals surface area contributed by atoms with Crippen LogP contribution < -0.4 is 21.5 Å². The lowest BCUT2D eigenvalue weighted by molar-refractivity contribution is -0.139. The highest BCUT2D eigenvalue weighted by Crippen LogP contribution is 2.12. The number of aliphatic carboxylic acids is 1. The number of ether oxygens (including phenoxy) is 1. The molecule has 1 aliphatic heterocycles. The number of carbonyl (C=O) groups excluding carboxylic acids is 1. The van der Waals surface area contributed by atoms with Gasteiger partial charge in [-0.25, -0.2) is 14.6 Å². The maximum atomic E-state index is 12.7. The molecular weight excluding hydrogens is 452 g/mol. The van der Waals surface area contributed by atoms with Crippen LogP contribution in [0.5, 0.6) is 0 Å². The molecule has 3 aromatic rings. The molecule has 35 heavy (non-hydrogen) atoms. The number of aromatic amines is 1. The molecule has 182 valence electrons. The molecule has 0 fully saturated rings. The summed E-state index contributed by atoms with van der Waals surface area (Å²) < 4.78 is 5.10. The third-order valence-corrected chi connectivity index (χ3v) is 5.40. The van der Waals surface area contributed by atoms with Gasteiger partial charge < -0.3 is 30.8 Å². The molecule has 0 radical (unpaired) electrons. The first kappa shape index (κ1) is 23.7. The average molecular weight is 479 g/mol. The van der Waals surface area contributed by atoms with Crippen molar-refractivity contribution in [2.45, 2.75) is 25.5 Å². The fourth-order valence-corrected chi connectivity index (χ4v) is 3.63. The molecule has 1 aliphatic rings. The predicted octanol–water partition coefficient (Wildman–Crippen LogP) is 0.937. The number of carboxylic acids is 1. The van der Waals surface area contributed by atoms with E-state index < -0.39 is 18.1 Å². The van der Waals surface area contributed by atoms with Gasteiger partial charge in [0.15, 0.2) is 5.96 Å². The molecular formula is C24H26N6O5. The van der Waals surface area contributed by atoms with Crippen molar-refractivity contribution >= 4 is 28.9 Å². The molecule has 4 rings (SSSR count). The van der Waals surface area contributed by atoms with Gasteiger partial charge in [0.25, 0.3) is 5.56 Å². The fourth-order valence-electron chi connectivity index (χ4n) is 3.63. The molecule has 1 aromatic heterocycles. The maximum Gasteiger partial charge on any atom is 0.408 e. The van der Waals surface area contributed by atoms with E-state index >= 15 is 0 Å². The van der Waals surface area contributed by atoms with Crippen molar-refractivity contribution in [2.75, 3.05) is 19.6 Å². The molecule has 1 amide bonds. The van der Waals surface area contributed by atoms with Crippen LogP contribution in [0.15, 0.2) is 58.3 Å². The van der Waals surface area contributed by atoms with Crippen molar-refractivity contribution < 1.29 is 19.4 Å². The van der Waals surface area contributed by atoms with Gasteiger partial charge in [-0.3, -0.25) is 9.79 Å². The number of alkyl carbamates (subject to hydrolysis) is 1. The first-order valence-corrected chi connectivity index (χ1v) is 11.2. The number of guanidine groups is 1. The third kappa shape index (κ3) is 6.56. The zero-order chi connectivity index (χ0) is 24.6. The number of amides is 1. The highest BCUT2D eigenvalue weighted by Gasteiger charge is 2.23. The highest BCUT2D eigenvalue weighted by atomic mass is 16.5. The van der Waals surface area contributed by atoms with Crippen LogP contribution in [0.4, 0.5) is 4.79 Å². The van der Waals surface area contributed by atoms with Gasteiger partial charge in [0.05, 0.1) is 17.4 Å². The normalized spacial score (nSPS) is 13.5. The summed E-state index contributed by atoms with van der Waals surface area (Å²) in [4.78, 5) is 47.8. The minimum absolute atomic E-state index is 0.00650. The summed E-state index contributed by atoms with van der Waals surface area (Å²) in [5, 5.41) is 18.6. The van der Waals surface area contributed by atoms with Gasteiger partial charge in [-0.1, -0.05) is 36.4 Å². The summed E-state index contributed by atoms with van der Waals surface area (Å²) in [6.07, 6.45) is -0.392. The lowest BCUT2D eigenvalue weighted by Crippen LogP contribution is -2.43. The van der Waals surface area contributed by atoms with Crippen molar-refractivity contribution in [3.63, 3.8) is 0 Å². The number of rotatable bonds is 9. The smallest absolute Gasteiger partial charge is 0.408 e. The number of aliphatic imine (C=N–C) groups is 1. The second kappa shape index (κ2) is 11.1. The molecule has 0 saturated carbocycles. The van der Waals surface area contributed by atoms with Crippen molar-refractivity contribution in [3.05, 3.63) is 75.8 Å². The van der Waals surface area contributed by atoms with Gasteiger partial charge in [-0.05, 0) is 29.7 Å². The van der Waals surface area contributed by atoms with Crippen molar-refractivity contribution in [3.8, 4) is 0 Å². The van der Waals surface area contributed by atoms with Gasteiger partial charge in [0.2, 0.25) is 0 Å². The van der Waals surface area contributed by atoms with E-state index in [1.807, 2.05) is 24.3 Å². The van der Waals surface area contributed by atoms with Gasteiger partial charge in [0, 0.05) is 19.5 Å². The number of fused-ring (bicyclic) bond motifs is 1. The Morgan fingerprint density at radius 1 is 1.14 bits per heavy atom. The quantitative estimate of drug-likeness (QED) is 0.304. The van der Waals surface area contributed by atoms with Crippen LogP contribution in [-0.4, -0.2) is 58.8 Å². The van der Waals surface area contributed by atoms with Crippen molar-refractivity contribution in [2.24, 2.45) is 4.99 Å². The van der Waals surface area contributed by atoms with E-state index in [0.29, 0.717) is 23.9 Å². The van der Waals surface area contributed by atoms with Crippen LogP contribution >= 0.6 is 0 Å². The Balaban J connectivity index is 1.38. The Labute approximate surface area is 200 Å². The number of H-pyrrole nitrogens is 1. The molecule has 5 N–H and O–H groups in total. The Morgan fingerprint density at radius 3 is 2.71 bits per heavy atom. The first-order valence-electron chi connectivity index (χ1n) is 11.2. The fraction of sp³-hybridized carbons (Fsp3) is 0.292. The van der Waals surface area contributed by atoms with E-state index in [4.69, 9.17) is 4.74 Å². The lowest BCUT2D eigenvalue weighted by atomic mass is 10.1. The first-order chi connectivity index (χ1) is 17.0. The number of carboxylic acid groups (broad SMARTS) is 1. The molecule has 0 unspecified atom stereocenters. The van der Waals surface area contributed by atoms with Crippen LogP contribution in [0.2, 0.25) is 0 Å². The SMILES string of the molecule is O=C(N[C@@H](Cc1nc2ccc(CCNC3=NCCN3)cc2c(=O)[nH]1)C(=O)O)OCc1ccccc1. The Morgan fingerprint density at radius 2 is 1.97 bits per heavy atom. The number of hydrogen-bond donors (Lipinski definition) is 5. The second-order valence-corrected chi connectivity index (χ2v) is 8.00. The van der Waals surface area contributed by atoms with Crippen molar-refractivity contribution in [1.82, 2.24) is 25.9 Å². The molecule has 0 aliphatic carbocycles. The topological polar surface area (TPSA) is 158 Å². The standard InChI is InChI=1S/C24H26N6O5/c31-21-17-12-15(8-9-25-23-26-10-11-27-23)6-7-18(17)28-20(30-21)13-19(22(32)33)29-24(34)35-14-16-4-2-1-3-5-16/h1-7,12,19H,8-11,13-14H2,(H,29,34)(H,32,33)(H2,25,26,27)(H,28,30,31)/t19-/m0/s1. The van der Waals surface area contributed by atoms with Gasteiger partial charge in [-0.15, -0.1) is 0 Å². The number of nitrogens with zero attached hydrogens (tertiary/aromatic N) is 2. The molecule has 0 spiro atoms. The molecule has 2 aromatic carbocycles. The maximum absolute atomic E-state index is 12.7. The molecule has 1 atom stereocenters. The van der Waals surface area contributed by atoms with E-state index in [9.17, 15) is 19.5 Å². The van der Waals surface area contributed by atoms with E-state index in [-0.39, 0.29) is 24.4 Å². The Kier molecular flexibility index (Phi) is 7.56. The highest BCUT2D eigenvalue weighted by molar-refractivity contribution is 5.82. The van der Waals surface area contributed by atoms with E-state index in [0.717, 1.165) is 30.2 Å². The van der Waals surface area contributed by atoms with Gasteiger partial charge >= 0.3 is 12.1 Å². The van der Waals surface area contributed by atoms with Gasteiger partial charge in [-0.2, -0.15) is 0 Å². The van der Waals surface area contributed by atoms with Crippen LogP contribution in [0, 0.1) is 0 Å². The molecule has 2 heterocycles. The van der Waals surface area contributed by atoms with Crippen LogP contribution in [-0.2, 0) is 29.0 Å². The number of nitrogens with one attached hydrogen (secondary N) is 4. The molecule has 11 nitrogen and oxygen atoms in total. The lowest BCUT2D eigenvalue weighted by Gasteiger charge is -2.14. The monoisotopic (exact) mass is 478 g/mol. The summed E-state index contributed by atoms with van der Waals surface area (Å²) in [6, 6.07) is 13.1. The molecule has 11 heteroatoms. The number of hydrogen-bond acceptors (Lipinski definition) is 8. The minimum Gasteiger partial charge on any atom is -0.480 e. The summed E-state index contributed by atoms with van der Waals surface area (Å²) >= 11 is 0. The number of aromatic nitrogens is 2. The molecule has 0 saturated heterocycles. The van der Waals surface area contributed by atoms with Crippen molar-refractivity contribution in [1.29, 1.82) is 0 Å². The predicted molar refractivity (Wildman–Crippen MR) is 129 cm³/mol. The second-order valence-electron chi connectivity index (χ2n) is 8.00. The van der Waals surface area contributed by atoms with Crippen LogP contribution in [0.3, 0.4) is 0 Å². The van der Waals surface area contributed by atoms with E-state index in [2.05, 4.69) is 30.9 Å².